The molecule has 0 aromatic rings. The summed E-state index contributed by atoms with van der Waals surface area (Å²) < 4.78 is 0. The summed E-state index contributed by atoms with van der Waals surface area (Å²) in [6.45, 7) is 4.13. The van der Waals surface area contributed by atoms with E-state index in [0.29, 0.717) is 12.8 Å². The van der Waals surface area contributed by atoms with Crippen LogP contribution in [0.25, 0.3) is 0 Å². The molecule has 2 amide bonds. The monoisotopic (exact) mass is 244 g/mol. The van der Waals surface area contributed by atoms with Gasteiger partial charge in [-0.25, -0.2) is 0 Å². The maximum Gasteiger partial charge on any atom is 0.242 e. The highest BCUT2D eigenvalue weighted by Gasteiger charge is 2.27. The maximum absolute atomic E-state index is 11.7. The zero-order valence-electron chi connectivity index (χ0n) is 9.91. The first-order chi connectivity index (χ1) is 7.63. The molecular formula is C11H20N2O2S. The molecule has 0 saturated carbocycles. The third kappa shape index (κ3) is 4.43. The second-order valence-corrected chi connectivity index (χ2v) is 5.45. The number of thioether (sulfide) groups is 1. The standard InChI is InChI=1S/C11H20N2O2S/c1-3-16-7-6-8(2)12-11(15)9-4-5-10(14)13-9/h8-9H,3-7H2,1-2H3,(H,12,15)(H,13,14)/t8-,9+/m1/s1. The molecule has 2 N–H and O–H groups in total. The molecule has 0 aromatic heterocycles. The summed E-state index contributed by atoms with van der Waals surface area (Å²) in [4.78, 5) is 22.7. The third-order valence-electron chi connectivity index (χ3n) is 2.60. The van der Waals surface area contributed by atoms with E-state index in [1.165, 1.54) is 0 Å². The highest BCUT2D eigenvalue weighted by atomic mass is 32.2. The number of rotatable bonds is 6. The molecule has 1 saturated heterocycles. The van der Waals surface area contributed by atoms with Gasteiger partial charge in [0.2, 0.25) is 11.8 Å². The molecule has 4 nitrogen and oxygen atoms in total. The van der Waals surface area contributed by atoms with Crippen molar-refractivity contribution < 1.29 is 9.59 Å². The van der Waals surface area contributed by atoms with Gasteiger partial charge in [0, 0.05) is 12.5 Å². The van der Waals surface area contributed by atoms with Crippen LogP contribution in [0.2, 0.25) is 0 Å². The summed E-state index contributed by atoms with van der Waals surface area (Å²) in [6.07, 6.45) is 2.07. The summed E-state index contributed by atoms with van der Waals surface area (Å²) in [6, 6.07) is -0.127. The Morgan fingerprint density at radius 1 is 1.69 bits per heavy atom. The van der Waals surface area contributed by atoms with Crippen LogP contribution in [-0.4, -0.2) is 35.4 Å². The minimum atomic E-state index is -0.311. The van der Waals surface area contributed by atoms with Gasteiger partial charge in [-0.05, 0) is 31.3 Å². The summed E-state index contributed by atoms with van der Waals surface area (Å²) in [7, 11) is 0. The molecule has 1 fully saturated rings. The molecule has 0 spiro atoms. The lowest BCUT2D eigenvalue weighted by atomic mass is 10.2. The molecule has 0 aromatic carbocycles. The lowest BCUT2D eigenvalue weighted by molar-refractivity contribution is -0.126. The van der Waals surface area contributed by atoms with E-state index in [-0.39, 0.29) is 23.9 Å². The van der Waals surface area contributed by atoms with Crippen LogP contribution in [-0.2, 0) is 9.59 Å². The fraction of sp³-hybridized carbons (Fsp3) is 0.818. The first-order valence-corrected chi connectivity index (χ1v) is 6.96. The average molecular weight is 244 g/mol. The molecule has 1 heterocycles. The molecule has 1 aliphatic rings. The Labute approximate surface area is 101 Å². The van der Waals surface area contributed by atoms with Gasteiger partial charge in [0.1, 0.15) is 6.04 Å². The molecule has 0 radical (unpaired) electrons. The van der Waals surface area contributed by atoms with Crippen LogP contribution in [0, 0.1) is 0 Å². The van der Waals surface area contributed by atoms with E-state index in [2.05, 4.69) is 17.6 Å². The van der Waals surface area contributed by atoms with Crippen molar-refractivity contribution in [2.24, 2.45) is 0 Å². The third-order valence-corrected chi connectivity index (χ3v) is 3.53. The van der Waals surface area contributed by atoms with Crippen molar-refractivity contribution in [3.8, 4) is 0 Å². The van der Waals surface area contributed by atoms with Gasteiger partial charge in [0.15, 0.2) is 0 Å². The Morgan fingerprint density at radius 2 is 2.44 bits per heavy atom. The SMILES string of the molecule is CCSCC[C@@H](C)NC(=O)[C@@H]1CCC(=O)N1. The average Bonchev–Trinajstić information content (AvgIpc) is 2.65. The van der Waals surface area contributed by atoms with E-state index in [1.807, 2.05) is 18.7 Å². The highest BCUT2D eigenvalue weighted by molar-refractivity contribution is 7.99. The number of hydrogen-bond acceptors (Lipinski definition) is 3. The largest absolute Gasteiger partial charge is 0.352 e. The van der Waals surface area contributed by atoms with E-state index in [1.54, 1.807) is 0 Å². The van der Waals surface area contributed by atoms with Crippen LogP contribution < -0.4 is 10.6 Å². The number of amides is 2. The minimum absolute atomic E-state index is 0.0191. The maximum atomic E-state index is 11.7. The molecule has 1 aliphatic heterocycles. The molecule has 0 unspecified atom stereocenters. The Morgan fingerprint density at radius 3 is 3.00 bits per heavy atom. The van der Waals surface area contributed by atoms with E-state index in [9.17, 15) is 9.59 Å². The predicted octanol–water partition coefficient (Wildman–Crippen LogP) is 0.913. The van der Waals surface area contributed by atoms with Crippen molar-refractivity contribution in [1.29, 1.82) is 0 Å². The van der Waals surface area contributed by atoms with Crippen LogP contribution in [0.1, 0.15) is 33.1 Å². The fourth-order valence-electron chi connectivity index (χ4n) is 1.63. The van der Waals surface area contributed by atoms with Crippen LogP contribution in [0.4, 0.5) is 0 Å². The van der Waals surface area contributed by atoms with Crippen LogP contribution >= 0.6 is 11.8 Å². The Hall–Kier alpha value is -0.710. The minimum Gasteiger partial charge on any atom is -0.352 e. The summed E-state index contributed by atoms with van der Waals surface area (Å²) in [5.41, 5.74) is 0. The Balaban J connectivity index is 2.20. The molecule has 2 atom stereocenters. The molecule has 0 bridgehead atoms. The first kappa shape index (κ1) is 13.4. The molecule has 0 aliphatic carbocycles. The fourth-order valence-corrected chi connectivity index (χ4v) is 2.44. The number of carbonyl (C=O) groups excluding carboxylic acids is 2. The number of carbonyl (C=O) groups is 2. The lowest BCUT2D eigenvalue weighted by Crippen LogP contribution is -2.45. The van der Waals surface area contributed by atoms with Gasteiger partial charge in [-0.1, -0.05) is 6.92 Å². The molecule has 1 rings (SSSR count). The van der Waals surface area contributed by atoms with Crippen molar-refractivity contribution in [1.82, 2.24) is 10.6 Å². The van der Waals surface area contributed by atoms with Crippen molar-refractivity contribution in [2.45, 2.75) is 45.2 Å². The van der Waals surface area contributed by atoms with Crippen LogP contribution in [0.15, 0.2) is 0 Å². The molecule has 5 heteroatoms. The van der Waals surface area contributed by atoms with Crippen LogP contribution in [0.3, 0.4) is 0 Å². The molecule has 16 heavy (non-hydrogen) atoms. The zero-order chi connectivity index (χ0) is 12.0. The Kier molecular flexibility index (Phi) is 5.66. The van der Waals surface area contributed by atoms with Gasteiger partial charge in [-0.15, -0.1) is 0 Å². The van der Waals surface area contributed by atoms with Crippen molar-refractivity contribution in [3.05, 3.63) is 0 Å². The van der Waals surface area contributed by atoms with Crippen molar-refractivity contribution >= 4 is 23.6 Å². The van der Waals surface area contributed by atoms with E-state index in [0.717, 1.165) is 17.9 Å². The summed E-state index contributed by atoms with van der Waals surface area (Å²) in [5.74, 6) is 2.11. The van der Waals surface area contributed by atoms with Gasteiger partial charge >= 0.3 is 0 Å². The van der Waals surface area contributed by atoms with E-state index < -0.39 is 0 Å². The van der Waals surface area contributed by atoms with Gasteiger partial charge < -0.3 is 10.6 Å². The van der Waals surface area contributed by atoms with Crippen LogP contribution in [0.5, 0.6) is 0 Å². The van der Waals surface area contributed by atoms with Gasteiger partial charge in [0.25, 0.3) is 0 Å². The van der Waals surface area contributed by atoms with Gasteiger partial charge in [-0.3, -0.25) is 9.59 Å². The molecule has 92 valence electrons. The Bertz CT molecular complexity index is 258. The first-order valence-electron chi connectivity index (χ1n) is 5.81. The van der Waals surface area contributed by atoms with E-state index >= 15 is 0 Å². The quantitative estimate of drug-likeness (QED) is 0.683. The molecular weight excluding hydrogens is 224 g/mol. The van der Waals surface area contributed by atoms with Gasteiger partial charge in [0.05, 0.1) is 0 Å². The zero-order valence-corrected chi connectivity index (χ0v) is 10.7. The normalized spacial score (nSPS) is 21.6. The predicted molar refractivity (Wildman–Crippen MR) is 66.4 cm³/mol. The smallest absolute Gasteiger partial charge is 0.242 e. The van der Waals surface area contributed by atoms with E-state index in [4.69, 9.17) is 0 Å². The second-order valence-electron chi connectivity index (χ2n) is 4.05. The van der Waals surface area contributed by atoms with Crippen molar-refractivity contribution in [3.63, 3.8) is 0 Å². The second kappa shape index (κ2) is 6.78. The number of nitrogens with one attached hydrogen (secondary N) is 2. The highest BCUT2D eigenvalue weighted by Crippen LogP contribution is 2.08. The van der Waals surface area contributed by atoms with Crippen molar-refractivity contribution in [2.75, 3.05) is 11.5 Å². The summed E-state index contributed by atoms with van der Waals surface area (Å²) >= 11 is 1.88. The number of hydrogen-bond donors (Lipinski definition) is 2. The van der Waals surface area contributed by atoms with Gasteiger partial charge in [-0.2, -0.15) is 11.8 Å². The summed E-state index contributed by atoms with van der Waals surface area (Å²) in [5, 5.41) is 5.60. The lowest BCUT2D eigenvalue weighted by Gasteiger charge is -2.16. The topological polar surface area (TPSA) is 58.2 Å².